The van der Waals surface area contributed by atoms with Gasteiger partial charge in [-0.2, -0.15) is 0 Å². The van der Waals surface area contributed by atoms with E-state index in [4.69, 9.17) is 4.42 Å². The van der Waals surface area contributed by atoms with Crippen LogP contribution in [0.1, 0.15) is 45.3 Å². The van der Waals surface area contributed by atoms with Crippen molar-refractivity contribution in [2.75, 3.05) is 19.6 Å². The van der Waals surface area contributed by atoms with Crippen LogP contribution < -0.4 is 10.6 Å². The Bertz CT molecular complexity index is 495. The van der Waals surface area contributed by atoms with Crippen molar-refractivity contribution in [1.82, 2.24) is 15.5 Å². The second-order valence-corrected chi connectivity index (χ2v) is 6.84. The molecule has 0 spiro atoms. The summed E-state index contributed by atoms with van der Waals surface area (Å²) in [5.74, 6) is 1.97. The zero-order chi connectivity index (χ0) is 16.1. The first-order chi connectivity index (χ1) is 11.3. The Labute approximate surface area is 139 Å². The second kappa shape index (κ2) is 7.86. The van der Waals surface area contributed by atoms with E-state index in [-0.39, 0.29) is 0 Å². The third kappa shape index (κ3) is 4.74. The quantitative estimate of drug-likeness (QED) is 0.599. The maximum Gasteiger partial charge on any atom is 0.191 e. The Morgan fingerprint density at radius 1 is 1.43 bits per heavy atom. The van der Waals surface area contributed by atoms with Crippen molar-refractivity contribution in [2.45, 2.75) is 64.1 Å². The minimum absolute atomic E-state index is 0.511. The van der Waals surface area contributed by atoms with E-state index in [1.165, 1.54) is 19.3 Å². The van der Waals surface area contributed by atoms with Crippen LogP contribution in [0.4, 0.5) is 0 Å². The number of nitrogens with one attached hydrogen (secondary N) is 2. The summed E-state index contributed by atoms with van der Waals surface area (Å²) in [7, 11) is 0. The third-order valence-corrected chi connectivity index (χ3v) is 4.72. The van der Waals surface area contributed by atoms with Crippen molar-refractivity contribution in [1.29, 1.82) is 0 Å². The summed E-state index contributed by atoms with van der Waals surface area (Å²) in [5, 5.41) is 7.10. The van der Waals surface area contributed by atoms with E-state index >= 15 is 0 Å². The summed E-state index contributed by atoms with van der Waals surface area (Å²) in [6.07, 6.45) is 7.66. The van der Waals surface area contributed by atoms with Gasteiger partial charge in [-0.3, -0.25) is 9.89 Å². The number of nitrogens with zero attached hydrogens (tertiary/aromatic N) is 2. The molecule has 1 aromatic rings. The number of rotatable bonds is 7. The van der Waals surface area contributed by atoms with Gasteiger partial charge in [0.05, 0.1) is 6.26 Å². The molecular formula is C18H30N4O. The summed E-state index contributed by atoms with van der Waals surface area (Å²) in [5.41, 5.74) is 0. The average Bonchev–Trinajstić information content (AvgIpc) is 3.12. The Kier molecular flexibility index (Phi) is 5.60. The van der Waals surface area contributed by atoms with Gasteiger partial charge in [0.25, 0.3) is 0 Å². The van der Waals surface area contributed by atoms with E-state index in [1.54, 1.807) is 6.26 Å². The maximum absolute atomic E-state index is 5.38. The van der Waals surface area contributed by atoms with Crippen LogP contribution in [-0.4, -0.2) is 48.6 Å². The molecule has 0 amide bonds. The Balaban J connectivity index is 1.48. The van der Waals surface area contributed by atoms with E-state index in [0.717, 1.165) is 50.2 Å². The summed E-state index contributed by atoms with van der Waals surface area (Å²) in [6.45, 7) is 7.38. The molecule has 2 heterocycles. The average molecular weight is 318 g/mol. The standard InChI is InChI=1S/C18H30N4O/c1-3-9-19-18(20-10-8-17-5-4-11-23-17)21-15-12-14(2)22(13-15)16-6-7-16/h4-5,11,14-16H,3,6-10,12-13H2,1-2H3,(H2,19,20,21). The zero-order valence-corrected chi connectivity index (χ0v) is 14.4. The lowest BCUT2D eigenvalue weighted by atomic mass is 10.2. The summed E-state index contributed by atoms with van der Waals surface area (Å²) < 4.78 is 5.38. The summed E-state index contributed by atoms with van der Waals surface area (Å²) >= 11 is 0. The van der Waals surface area contributed by atoms with E-state index in [0.29, 0.717) is 12.1 Å². The van der Waals surface area contributed by atoms with Crippen LogP contribution in [0.5, 0.6) is 0 Å². The number of guanidine groups is 1. The molecule has 1 aromatic heterocycles. The van der Waals surface area contributed by atoms with Gasteiger partial charge in [-0.25, -0.2) is 0 Å². The topological polar surface area (TPSA) is 52.8 Å². The predicted octanol–water partition coefficient (Wildman–Crippen LogP) is 2.39. The Morgan fingerprint density at radius 2 is 2.30 bits per heavy atom. The van der Waals surface area contributed by atoms with Crippen molar-refractivity contribution in [3.63, 3.8) is 0 Å². The molecule has 2 N–H and O–H groups in total. The highest BCUT2D eigenvalue weighted by Crippen LogP contribution is 2.33. The molecule has 1 saturated carbocycles. The first kappa shape index (κ1) is 16.4. The van der Waals surface area contributed by atoms with Crippen LogP contribution in [0, 0.1) is 0 Å². The van der Waals surface area contributed by atoms with Gasteiger partial charge >= 0.3 is 0 Å². The van der Waals surface area contributed by atoms with Gasteiger partial charge in [-0.15, -0.1) is 0 Å². The van der Waals surface area contributed by atoms with Gasteiger partial charge in [-0.1, -0.05) is 6.92 Å². The van der Waals surface area contributed by atoms with Crippen LogP contribution in [0.3, 0.4) is 0 Å². The predicted molar refractivity (Wildman–Crippen MR) is 93.7 cm³/mol. The number of furan rings is 1. The van der Waals surface area contributed by atoms with Crippen molar-refractivity contribution in [2.24, 2.45) is 4.99 Å². The maximum atomic E-state index is 5.38. The monoisotopic (exact) mass is 318 g/mol. The minimum Gasteiger partial charge on any atom is -0.469 e. The normalized spacial score (nSPS) is 25.7. The second-order valence-electron chi connectivity index (χ2n) is 6.84. The summed E-state index contributed by atoms with van der Waals surface area (Å²) in [6, 6.07) is 6.00. The first-order valence-corrected chi connectivity index (χ1v) is 9.09. The highest BCUT2D eigenvalue weighted by molar-refractivity contribution is 5.80. The van der Waals surface area contributed by atoms with Crippen molar-refractivity contribution in [3.05, 3.63) is 24.2 Å². The van der Waals surface area contributed by atoms with Crippen LogP contribution in [0.2, 0.25) is 0 Å². The fourth-order valence-electron chi connectivity index (χ4n) is 3.40. The number of likely N-dealkylation sites (tertiary alicyclic amines) is 1. The lowest BCUT2D eigenvalue weighted by Crippen LogP contribution is -2.45. The molecule has 1 aliphatic heterocycles. The molecule has 0 aromatic carbocycles. The first-order valence-electron chi connectivity index (χ1n) is 9.09. The van der Waals surface area contributed by atoms with E-state index in [2.05, 4.69) is 34.4 Å². The molecule has 1 saturated heterocycles. The van der Waals surface area contributed by atoms with Crippen LogP contribution >= 0.6 is 0 Å². The van der Waals surface area contributed by atoms with Gasteiger partial charge in [0, 0.05) is 44.2 Å². The lowest BCUT2D eigenvalue weighted by molar-refractivity contribution is 0.256. The molecule has 1 aliphatic carbocycles. The molecule has 128 valence electrons. The van der Waals surface area contributed by atoms with Gasteiger partial charge in [0.15, 0.2) is 5.96 Å². The molecule has 2 aliphatic rings. The van der Waals surface area contributed by atoms with Gasteiger partial charge in [0.1, 0.15) is 5.76 Å². The van der Waals surface area contributed by atoms with E-state index in [1.807, 2.05) is 12.1 Å². The zero-order valence-electron chi connectivity index (χ0n) is 14.4. The van der Waals surface area contributed by atoms with Crippen molar-refractivity contribution < 1.29 is 4.42 Å². The van der Waals surface area contributed by atoms with Crippen LogP contribution in [-0.2, 0) is 6.42 Å². The molecule has 2 fully saturated rings. The number of hydrogen-bond acceptors (Lipinski definition) is 3. The van der Waals surface area contributed by atoms with Gasteiger partial charge < -0.3 is 15.1 Å². The highest BCUT2D eigenvalue weighted by Gasteiger charge is 2.38. The fraction of sp³-hybridized carbons (Fsp3) is 0.722. The fourth-order valence-corrected chi connectivity index (χ4v) is 3.40. The Morgan fingerprint density at radius 3 is 3.00 bits per heavy atom. The van der Waals surface area contributed by atoms with E-state index in [9.17, 15) is 0 Å². The molecule has 2 unspecified atom stereocenters. The molecular weight excluding hydrogens is 288 g/mol. The molecule has 2 atom stereocenters. The van der Waals surface area contributed by atoms with Crippen molar-refractivity contribution in [3.8, 4) is 0 Å². The molecule has 0 bridgehead atoms. The number of hydrogen-bond donors (Lipinski definition) is 2. The van der Waals surface area contributed by atoms with Crippen molar-refractivity contribution >= 4 is 5.96 Å². The number of aliphatic imine (C=N–C) groups is 1. The molecule has 3 rings (SSSR count). The third-order valence-electron chi connectivity index (χ3n) is 4.72. The summed E-state index contributed by atoms with van der Waals surface area (Å²) in [4.78, 5) is 7.35. The lowest BCUT2D eigenvalue weighted by Gasteiger charge is -2.20. The SMILES string of the molecule is CCCN=C(NCCc1ccco1)NC1CC(C)N(C2CC2)C1. The molecule has 5 heteroatoms. The van der Waals surface area contributed by atoms with Gasteiger partial charge in [0.2, 0.25) is 0 Å². The molecule has 23 heavy (non-hydrogen) atoms. The largest absolute Gasteiger partial charge is 0.469 e. The van der Waals surface area contributed by atoms with E-state index < -0.39 is 0 Å². The molecule has 5 nitrogen and oxygen atoms in total. The molecule has 0 radical (unpaired) electrons. The van der Waals surface area contributed by atoms with Gasteiger partial charge in [-0.05, 0) is 44.7 Å². The Hall–Kier alpha value is -1.49. The minimum atomic E-state index is 0.511. The van der Waals surface area contributed by atoms with Crippen LogP contribution in [0.15, 0.2) is 27.8 Å². The highest BCUT2D eigenvalue weighted by atomic mass is 16.3. The smallest absolute Gasteiger partial charge is 0.191 e. The van der Waals surface area contributed by atoms with Crippen LogP contribution in [0.25, 0.3) is 0 Å².